The van der Waals surface area contributed by atoms with Crippen molar-refractivity contribution >= 4 is 0 Å². The van der Waals surface area contributed by atoms with Crippen molar-refractivity contribution in [3.8, 4) is 12.3 Å². The molecule has 0 heterocycles. The summed E-state index contributed by atoms with van der Waals surface area (Å²) in [6.45, 7) is 2.38. The van der Waals surface area contributed by atoms with Crippen LogP contribution in [-0.4, -0.2) is 37.5 Å². The third-order valence-corrected chi connectivity index (χ3v) is 1.32. The highest BCUT2D eigenvalue weighted by atomic mass is 16.5. The highest BCUT2D eigenvalue weighted by molar-refractivity contribution is 4.96. The molecule has 2 unspecified atom stereocenters. The minimum Gasteiger partial charge on any atom is -0.395 e. The number of methoxy groups -OCH3 is 1. The summed E-state index contributed by atoms with van der Waals surface area (Å²) in [5.74, 6) is 2.51. The van der Waals surface area contributed by atoms with Gasteiger partial charge in [-0.25, -0.2) is 0 Å². The van der Waals surface area contributed by atoms with Crippen LogP contribution in [0.3, 0.4) is 0 Å². The van der Waals surface area contributed by atoms with Crippen molar-refractivity contribution in [3.63, 3.8) is 0 Å². The fraction of sp³-hybridized carbons (Fsp3) is 0.750. The third kappa shape index (κ3) is 4.79. The van der Waals surface area contributed by atoms with E-state index in [0.717, 1.165) is 0 Å². The Morgan fingerprint density at radius 2 is 2.36 bits per heavy atom. The van der Waals surface area contributed by atoms with Gasteiger partial charge < -0.3 is 9.84 Å². The summed E-state index contributed by atoms with van der Waals surface area (Å²) in [6.07, 6.45) is 5.14. The Balaban J connectivity index is 3.60. The Labute approximate surface area is 67.8 Å². The normalized spacial score (nSPS) is 15.5. The molecular weight excluding hydrogens is 142 g/mol. The van der Waals surface area contributed by atoms with E-state index < -0.39 is 0 Å². The largest absolute Gasteiger partial charge is 0.395 e. The second-order valence-electron chi connectivity index (χ2n) is 2.39. The minimum absolute atomic E-state index is 0.0256. The van der Waals surface area contributed by atoms with Gasteiger partial charge in [0.25, 0.3) is 0 Å². The van der Waals surface area contributed by atoms with Crippen molar-refractivity contribution in [3.05, 3.63) is 0 Å². The highest BCUT2D eigenvalue weighted by Crippen LogP contribution is 1.86. The first kappa shape index (κ1) is 10.4. The molecule has 0 bridgehead atoms. The van der Waals surface area contributed by atoms with Crippen molar-refractivity contribution in [1.82, 2.24) is 5.32 Å². The average Bonchev–Trinajstić information content (AvgIpc) is 2.03. The molecule has 0 rings (SSSR count). The Morgan fingerprint density at radius 1 is 1.73 bits per heavy atom. The van der Waals surface area contributed by atoms with Crippen LogP contribution in [0.15, 0.2) is 0 Å². The van der Waals surface area contributed by atoms with Gasteiger partial charge in [0.05, 0.1) is 25.3 Å². The van der Waals surface area contributed by atoms with Crippen LogP contribution in [0, 0.1) is 12.3 Å². The zero-order chi connectivity index (χ0) is 8.69. The molecule has 3 heteroatoms. The number of aliphatic hydroxyl groups excluding tert-OH is 1. The predicted octanol–water partition coefficient (Wildman–Crippen LogP) is -0.395. The van der Waals surface area contributed by atoms with Gasteiger partial charge in [-0.05, 0) is 6.92 Å². The van der Waals surface area contributed by atoms with Crippen molar-refractivity contribution in [2.75, 3.05) is 20.3 Å². The number of terminal acetylenes is 1. The standard InChI is InChI=1S/C8H15NO2/c1-4-7(2)9-8(5-10)6-11-3/h1,7-10H,5-6H2,2-3H3. The number of nitrogens with one attached hydrogen (secondary N) is 1. The van der Waals surface area contributed by atoms with E-state index in [-0.39, 0.29) is 18.7 Å². The molecule has 0 aliphatic rings. The minimum atomic E-state index is -0.0638. The summed E-state index contributed by atoms with van der Waals surface area (Å²) < 4.78 is 4.85. The number of ether oxygens (including phenoxy) is 1. The Morgan fingerprint density at radius 3 is 2.73 bits per heavy atom. The van der Waals surface area contributed by atoms with Crippen molar-refractivity contribution < 1.29 is 9.84 Å². The molecule has 3 nitrogen and oxygen atoms in total. The van der Waals surface area contributed by atoms with Crippen molar-refractivity contribution in [2.24, 2.45) is 0 Å². The Hall–Kier alpha value is -0.560. The second-order valence-corrected chi connectivity index (χ2v) is 2.39. The molecule has 0 aromatic heterocycles. The molecule has 0 aliphatic carbocycles. The lowest BCUT2D eigenvalue weighted by atomic mass is 10.2. The molecule has 0 amide bonds. The first-order chi connectivity index (χ1) is 5.24. The molecule has 2 N–H and O–H groups in total. The Bertz CT molecular complexity index is 131. The van der Waals surface area contributed by atoms with Crippen LogP contribution in [0.2, 0.25) is 0 Å². The summed E-state index contributed by atoms with van der Waals surface area (Å²) in [5.41, 5.74) is 0. The zero-order valence-corrected chi connectivity index (χ0v) is 7.00. The van der Waals surface area contributed by atoms with Gasteiger partial charge in [0.2, 0.25) is 0 Å². The van der Waals surface area contributed by atoms with E-state index in [1.54, 1.807) is 7.11 Å². The van der Waals surface area contributed by atoms with Crippen LogP contribution in [0.5, 0.6) is 0 Å². The summed E-state index contributed by atoms with van der Waals surface area (Å²) in [4.78, 5) is 0. The first-order valence-corrected chi connectivity index (χ1v) is 3.56. The molecule has 0 radical (unpaired) electrons. The predicted molar refractivity (Wildman–Crippen MR) is 44.2 cm³/mol. The summed E-state index contributed by atoms with van der Waals surface area (Å²) in [7, 11) is 1.59. The maximum atomic E-state index is 8.79. The summed E-state index contributed by atoms with van der Waals surface area (Å²) >= 11 is 0. The molecule has 0 aromatic carbocycles. The second kappa shape index (κ2) is 6.17. The number of aliphatic hydroxyl groups is 1. The van der Waals surface area contributed by atoms with Gasteiger partial charge in [0.1, 0.15) is 0 Å². The van der Waals surface area contributed by atoms with Crippen LogP contribution >= 0.6 is 0 Å². The molecule has 0 aromatic rings. The fourth-order valence-electron chi connectivity index (χ4n) is 0.756. The van der Waals surface area contributed by atoms with Gasteiger partial charge in [-0.15, -0.1) is 6.42 Å². The average molecular weight is 157 g/mol. The molecule has 0 fully saturated rings. The molecule has 11 heavy (non-hydrogen) atoms. The monoisotopic (exact) mass is 157 g/mol. The van der Waals surface area contributed by atoms with Crippen LogP contribution in [-0.2, 0) is 4.74 Å². The number of hydrogen-bond donors (Lipinski definition) is 2. The Kier molecular flexibility index (Phi) is 5.86. The fourth-order valence-corrected chi connectivity index (χ4v) is 0.756. The lowest BCUT2D eigenvalue weighted by molar-refractivity contribution is 0.126. The maximum absolute atomic E-state index is 8.79. The SMILES string of the molecule is C#CC(C)NC(CO)COC. The van der Waals surface area contributed by atoms with Crippen LogP contribution in [0.1, 0.15) is 6.92 Å². The maximum Gasteiger partial charge on any atom is 0.0661 e. The van der Waals surface area contributed by atoms with Crippen molar-refractivity contribution in [1.29, 1.82) is 0 Å². The van der Waals surface area contributed by atoms with Crippen molar-refractivity contribution in [2.45, 2.75) is 19.0 Å². The van der Waals surface area contributed by atoms with Gasteiger partial charge in [0.15, 0.2) is 0 Å². The third-order valence-electron chi connectivity index (χ3n) is 1.32. The van der Waals surface area contributed by atoms with E-state index in [2.05, 4.69) is 11.2 Å². The molecule has 0 aliphatic heterocycles. The van der Waals surface area contributed by atoms with Crippen LogP contribution < -0.4 is 5.32 Å². The van der Waals surface area contributed by atoms with Gasteiger partial charge in [-0.3, -0.25) is 5.32 Å². The molecule has 64 valence electrons. The molecule has 2 atom stereocenters. The molecule has 0 saturated heterocycles. The van der Waals surface area contributed by atoms with E-state index in [0.29, 0.717) is 6.61 Å². The zero-order valence-electron chi connectivity index (χ0n) is 7.00. The van der Waals surface area contributed by atoms with E-state index in [9.17, 15) is 0 Å². The molecule has 0 saturated carbocycles. The first-order valence-electron chi connectivity index (χ1n) is 3.56. The summed E-state index contributed by atoms with van der Waals surface area (Å²) in [6, 6.07) is -0.0895. The number of rotatable bonds is 5. The van der Waals surface area contributed by atoms with Crippen LogP contribution in [0.4, 0.5) is 0 Å². The highest BCUT2D eigenvalue weighted by Gasteiger charge is 2.07. The van der Waals surface area contributed by atoms with Gasteiger partial charge >= 0.3 is 0 Å². The molecule has 0 spiro atoms. The van der Waals surface area contributed by atoms with E-state index in [1.807, 2.05) is 6.92 Å². The summed E-state index contributed by atoms with van der Waals surface area (Å²) in [5, 5.41) is 11.8. The van der Waals surface area contributed by atoms with E-state index in [1.165, 1.54) is 0 Å². The van der Waals surface area contributed by atoms with Gasteiger partial charge in [-0.2, -0.15) is 0 Å². The molecular formula is C8H15NO2. The van der Waals surface area contributed by atoms with E-state index in [4.69, 9.17) is 16.3 Å². The quantitative estimate of drug-likeness (QED) is 0.534. The smallest absolute Gasteiger partial charge is 0.0661 e. The lowest BCUT2D eigenvalue weighted by Crippen LogP contribution is -2.41. The van der Waals surface area contributed by atoms with Gasteiger partial charge in [-0.1, -0.05) is 5.92 Å². The van der Waals surface area contributed by atoms with Gasteiger partial charge in [0, 0.05) is 7.11 Å². The lowest BCUT2D eigenvalue weighted by Gasteiger charge is -2.16. The van der Waals surface area contributed by atoms with E-state index >= 15 is 0 Å². The van der Waals surface area contributed by atoms with Crippen LogP contribution in [0.25, 0.3) is 0 Å². The topological polar surface area (TPSA) is 41.5 Å². The number of hydrogen-bond acceptors (Lipinski definition) is 3.